The minimum absolute atomic E-state index is 0.174. The molecule has 0 bridgehead atoms. The maximum atomic E-state index is 13.5. The number of carbonyl (C=O) groups is 1. The summed E-state index contributed by atoms with van der Waals surface area (Å²) in [6.45, 7) is -0.307. The van der Waals surface area contributed by atoms with E-state index in [-0.39, 0.29) is 22.9 Å². The number of halogens is 4. The van der Waals surface area contributed by atoms with Crippen molar-refractivity contribution >= 4 is 28.9 Å². The Morgan fingerprint density at radius 3 is 2.52 bits per heavy atom. The lowest BCUT2D eigenvalue weighted by Crippen LogP contribution is -2.22. The Morgan fingerprint density at radius 2 is 1.86 bits per heavy atom. The van der Waals surface area contributed by atoms with Crippen molar-refractivity contribution < 1.29 is 18.0 Å². The van der Waals surface area contributed by atoms with Gasteiger partial charge >= 0.3 is 0 Å². The second-order valence-electron chi connectivity index (χ2n) is 4.16. The van der Waals surface area contributed by atoms with Gasteiger partial charge in [-0.2, -0.15) is 0 Å². The minimum Gasteiger partial charge on any atom is -0.373 e. The summed E-state index contributed by atoms with van der Waals surface area (Å²) in [7, 11) is 0. The molecule has 0 radical (unpaired) electrons. The van der Waals surface area contributed by atoms with Crippen LogP contribution in [0, 0.1) is 17.5 Å². The molecule has 0 unspecified atom stereocenters. The summed E-state index contributed by atoms with van der Waals surface area (Å²) in [6, 6.07) is 6.91. The number of rotatable bonds is 4. The molecule has 21 heavy (non-hydrogen) atoms. The fourth-order valence-corrected chi connectivity index (χ4v) is 1.91. The Labute approximate surface area is 123 Å². The van der Waals surface area contributed by atoms with Gasteiger partial charge in [0.1, 0.15) is 11.6 Å². The lowest BCUT2D eigenvalue weighted by molar-refractivity contribution is -0.114. The summed E-state index contributed by atoms with van der Waals surface area (Å²) in [5, 5.41) is 4.71. The summed E-state index contributed by atoms with van der Waals surface area (Å²) >= 11 is 5.68. The van der Waals surface area contributed by atoms with Crippen LogP contribution in [0.4, 0.5) is 24.5 Å². The molecular formula is C14H10ClF3N2O. The van der Waals surface area contributed by atoms with Crippen molar-refractivity contribution in [3.63, 3.8) is 0 Å². The first-order valence-electron chi connectivity index (χ1n) is 5.89. The van der Waals surface area contributed by atoms with Crippen LogP contribution in [0.1, 0.15) is 0 Å². The van der Waals surface area contributed by atoms with E-state index in [1.54, 1.807) is 0 Å². The Bertz CT molecular complexity index is 656. The van der Waals surface area contributed by atoms with E-state index < -0.39 is 23.4 Å². The van der Waals surface area contributed by atoms with Crippen molar-refractivity contribution in [2.75, 3.05) is 17.2 Å². The average Bonchev–Trinajstić information content (AvgIpc) is 2.37. The molecule has 0 heterocycles. The van der Waals surface area contributed by atoms with Crippen LogP contribution in [0.25, 0.3) is 0 Å². The van der Waals surface area contributed by atoms with Gasteiger partial charge in [-0.05, 0) is 24.3 Å². The van der Waals surface area contributed by atoms with E-state index in [0.717, 1.165) is 12.1 Å². The van der Waals surface area contributed by atoms with Gasteiger partial charge in [0, 0.05) is 11.8 Å². The highest BCUT2D eigenvalue weighted by molar-refractivity contribution is 6.33. The van der Waals surface area contributed by atoms with Crippen LogP contribution in [-0.4, -0.2) is 12.5 Å². The number of hydrogen-bond donors (Lipinski definition) is 2. The molecule has 2 N–H and O–H groups in total. The number of hydrogen-bond acceptors (Lipinski definition) is 2. The van der Waals surface area contributed by atoms with Crippen LogP contribution in [0.15, 0.2) is 36.4 Å². The van der Waals surface area contributed by atoms with Gasteiger partial charge in [-0.3, -0.25) is 4.79 Å². The molecule has 0 aromatic heterocycles. The normalized spacial score (nSPS) is 10.3. The molecule has 0 saturated heterocycles. The molecule has 2 aromatic carbocycles. The van der Waals surface area contributed by atoms with E-state index in [4.69, 9.17) is 11.6 Å². The Hall–Kier alpha value is -2.21. The Morgan fingerprint density at radius 1 is 1.10 bits per heavy atom. The number of anilines is 2. The first-order chi connectivity index (χ1) is 9.95. The predicted octanol–water partition coefficient (Wildman–Crippen LogP) is 3.81. The molecule has 110 valence electrons. The largest absolute Gasteiger partial charge is 0.373 e. The molecule has 2 rings (SSSR count). The van der Waals surface area contributed by atoms with Crippen molar-refractivity contribution in [3.05, 3.63) is 58.9 Å². The van der Waals surface area contributed by atoms with Gasteiger partial charge in [-0.15, -0.1) is 0 Å². The van der Waals surface area contributed by atoms with Crippen LogP contribution >= 0.6 is 11.6 Å². The molecular weight excluding hydrogens is 305 g/mol. The molecule has 0 aliphatic rings. The lowest BCUT2D eigenvalue weighted by Gasteiger charge is -2.10. The standard InChI is InChI=1S/C14H10ClF3N2O/c15-11-5-9(17)6-12(18)14(11)19-7-13(21)20-10-3-1-2-8(16)4-10/h1-6,19H,7H2,(H,20,21). The zero-order valence-electron chi connectivity index (χ0n) is 10.6. The minimum atomic E-state index is -0.904. The van der Waals surface area contributed by atoms with E-state index in [1.165, 1.54) is 18.2 Å². The summed E-state index contributed by atoms with van der Waals surface area (Å²) in [5.41, 5.74) is 0.0972. The fraction of sp³-hybridized carbons (Fsp3) is 0.0714. The third kappa shape index (κ3) is 4.13. The van der Waals surface area contributed by atoms with E-state index in [0.29, 0.717) is 6.07 Å². The topological polar surface area (TPSA) is 41.1 Å². The van der Waals surface area contributed by atoms with Gasteiger partial charge in [-0.1, -0.05) is 17.7 Å². The van der Waals surface area contributed by atoms with Crippen LogP contribution in [-0.2, 0) is 4.79 Å². The summed E-state index contributed by atoms with van der Waals surface area (Å²) in [4.78, 5) is 11.7. The third-order valence-corrected chi connectivity index (χ3v) is 2.84. The van der Waals surface area contributed by atoms with Crippen molar-refractivity contribution in [2.45, 2.75) is 0 Å². The first-order valence-corrected chi connectivity index (χ1v) is 6.27. The molecule has 1 amide bonds. The quantitative estimate of drug-likeness (QED) is 0.901. The van der Waals surface area contributed by atoms with Crippen molar-refractivity contribution in [3.8, 4) is 0 Å². The summed E-state index contributed by atoms with van der Waals surface area (Å²) < 4.78 is 39.3. The number of amides is 1. The second kappa shape index (κ2) is 6.49. The van der Waals surface area contributed by atoms with Gasteiger partial charge < -0.3 is 10.6 Å². The SMILES string of the molecule is O=C(CNc1c(F)cc(F)cc1Cl)Nc1cccc(F)c1. The molecule has 0 saturated carbocycles. The molecule has 0 fully saturated rings. The number of benzene rings is 2. The maximum Gasteiger partial charge on any atom is 0.243 e. The van der Waals surface area contributed by atoms with Crippen molar-refractivity contribution in [1.29, 1.82) is 0 Å². The van der Waals surface area contributed by atoms with Gasteiger partial charge in [0.05, 0.1) is 17.3 Å². The van der Waals surface area contributed by atoms with Gasteiger partial charge in [-0.25, -0.2) is 13.2 Å². The molecule has 0 atom stereocenters. The Balaban J connectivity index is 1.99. The first kappa shape index (κ1) is 15.2. The molecule has 3 nitrogen and oxygen atoms in total. The lowest BCUT2D eigenvalue weighted by atomic mass is 10.3. The predicted molar refractivity (Wildman–Crippen MR) is 74.9 cm³/mol. The van der Waals surface area contributed by atoms with E-state index in [1.807, 2.05) is 0 Å². The highest BCUT2D eigenvalue weighted by Crippen LogP contribution is 2.26. The number of nitrogens with one attached hydrogen (secondary N) is 2. The monoisotopic (exact) mass is 314 g/mol. The van der Waals surface area contributed by atoms with Crippen LogP contribution in [0.3, 0.4) is 0 Å². The van der Waals surface area contributed by atoms with Crippen molar-refractivity contribution in [1.82, 2.24) is 0 Å². The van der Waals surface area contributed by atoms with E-state index >= 15 is 0 Å². The van der Waals surface area contributed by atoms with Gasteiger partial charge in [0.2, 0.25) is 5.91 Å². The highest BCUT2D eigenvalue weighted by atomic mass is 35.5. The van der Waals surface area contributed by atoms with Crippen LogP contribution in [0.5, 0.6) is 0 Å². The maximum absolute atomic E-state index is 13.5. The van der Waals surface area contributed by atoms with Crippen LogP contribution in [0.2, 0.25) is 5.02 Å². The fourth-order valence-electron chi connectivity index (χ4n) is 1.65. The summed E-state index contributed by atoms with van der Waals surface area (Å²) in [5.74, 6) is -2.74. The molecule has 2 aromatic rings. The molecule has 0 aliphatic heterocycles. The van der Waals surface area contributed by atoms with Crippen LogP contribution < -0.4 is 10.6 Å². The van der Waals surface area contributed by atoms with Crippen molar-refractivity contribution in [2.24, 2.45) is 0 Å². The smallest absolute Gasteiger partial charge is 0.243 e. The van der Waals surface area contributed by atoms with Gasteiger partial charge in [0.15, 0.2) is 5.82 Å². The average molecular weight is 315 g/mol. The summed E-state index contributed by atoms with van der Waals surface area (Å²) in [6.07, 6.45) is 0. The van der Waals surface area contributed by atoms with Gasteiger partial charge in [0.25, 0.3) is 0 Å². The Kier molecular flexibility index (Phi) is 4.70. The molecule has 0 aliphatic carbocycles. The zero-order valence-corrected chi connectivity index (χ0v) is 11.3. The third-order valence-electron chi connectivity index (χ3n) is 2.54. The molecule has 0 spiro atoms. The van der Waals surface area contributed by atoms with E-state index in [2.05, 4.69) is 10.6 Å². The zero-order chi connectivity index (χ0) is 15.4. The second-order valence-corrected chi connectivity index (χ2v) is 4.56. The molecule has 7 heteroatoms. The number of carbonyl (C=O) groups excluding carboxylic acids is 1. The highest BCUT2D eigenvalue weighted by Gasteiger charge is 2.11. The van der Waals surface area contributed by atoms with E-state index in [9.17, 15) is 18.0 Å².